The fourth-order valence-electron chi connectivity index (χ4n) is 3.57. The van der Waals surface area contributed by atoms with E-state index in [0.717, 1.165) is 15.6 Å². The summed E-state index contributed by atoms with van der Waals surface area (Å²) in [7, 11) is 0. The Labute approximate surface area is 225 Å². The normalized spacial score (nSPS) is 11.4. The summed E-state index contributed by atoms with van der Waals surface area (Å²) in [6.45, 7) is 1.81. The molecule has 0 radical (unpaired) electrons. The van der Waals surface area contributed by atoms with Gasteiger partial charge in [-0.2, -0.15) is 5.26 Å². The van der Waals surface area contributed by atoms with Gasteiger partial charge in [0, 0.05) is 25.9 Å². The molecule has 0 fully saturated rings. The Bertz CT molecular complexity index is 1470. The Morgan fingerprint density at radius 3 is 2.28 bits per heavy atom. The smallest absolute Gasteiger partial charge is 0.334 e. The number of rotatable bonds is 7. The van der Waals surface area contributed by atoms with Crippen LogP contribution in [0.25, 0.3) is 0 Å². The van der Waals surface area contributed by atoms with Crippen LogP contribution < -0.4 is 10.6 Å². The van der Waals surface area contributed by atoms with Crippen LogP contribution in [0.15, 0.2) is 71.5 Å². The topological polar surface area (TPSA) is 117 Å². The summed E-state index contributed by atoms with van der Waals surface area (Å²) in [6.07, 6.45) is 1.23. The van der Waals surface area contributed by atoms with Crippen LogP contribution in [0.1, 0.15) is 22.6 Å². The first-order valence-electron chi connectivity index (χ1n) is 10.5. The van der Waals surface area contributed by atoms with Crippen molar-refractivity contribution in [2.75, 3.05) is 10.6 Å². The zero-order valence-electron chi connectivity index (χ0n) is 18.7. The zero-order valence-corrected chi connectivity index (χ0v) is 21.8. The lowest BCUT2D eigenvalue weighted by atomic mass is 9.91. The second-order valence-electron chi connectivity index (χ2n) is 7.74. The highest BCUT2D eigenvalue weighted by atomic mass is 79.9. The van der Waals surface area contributed by atoms with Gasteiger partial charge in [-0.1, -0.05) is 57.3 Å². The van der Waals surface area contributed by atoms with Crippen molar-refractivity contribution < 1.29 is 4.92 Å². The average Bonchev–Trinajstić information content (AvgIpc) is 2.85. The highest BCUT2D eigenvalue weighted by Gasteiger charge is 2.25. The van der Waals surface area contributed by atoms with E-state index in [-0.39, 0.29) is 17.3 Å². The molecule has 11 heteroatoms. The molecule has 1 heterocycles. The van der Waals surface area contributed by atoms with Gasteiger partial charge in [0.25, 0.3) is 0 Å². The summed E-state index contributed by atoms with van der Waals surface area (Å²) >= 11 is 15.9. The summed E-state index contributed by atoms with van der Waals surface area (Å²) in [5, 5.41) is 28.6. The number of nitro groups is 1. The summed E-state index contributed by atoms with van der Waals surface area (Å²) in [5.74, 6) is -0.582. The standard InChI is InChI=1S/C25H17BrCl2N6O2/c1-14-10-19(20(12-29)15-2-6-17(27)7-3-15)21(28)11-22(14)33-25-23(34(35)36)24(30-13-31-25)32-18-8-4-16(26)5-9-18/h2-11,13,20H,1H3,(H2,30,31,32,33). The summed E-state index contributed by atoms with van der Waals surface area (Å²) in [5.41, 5.74) is 2.89. The van der Waals surface area contributed by atoms with Crippen LogP contribution in [0.2, 0.25) is 10.0 Å². The van der Waals surface area contributed by atoms with Crippen LogP contribution in [0.3, 0.4) is 0 Å². The second kappa shape index (κ2) is 10.9. The summed E-state index contributed by atoms with van der Waals surface area (Å²) in [6, 6.07) is 19.8. The van der Waals surface area contributed by atoms with Crippen molar-refractivity contribution in [1.82, 2.24) is 9.97 Å². The van der Waals surface area contributed by atoms with Gasteiger partial charge in [-0.25, -0.2) is 9.97 Å². The third kappa shape index (κ3) is 5.57. The lowest BCUT2D eigenvalue weighted by Gasteiger charge is -2.17. The highest BCUT2D eigenvalue weighted by molar-refractivity contribution is 9.10. The van der Waals surface area contributed by atoms with E-state index in [4.69, 9.17) is 23.2 Å². The average molecular weight is 584 g/mol. The molecule has 4 aromatic rings. The monoisotopic (exact) mass is 582 g/mol. The first kappa shape index (κ1) is 25.4. The van der Waals surface area contributed by atoms with Crippen molar-refractivity contribution in [3.05, 3.63) is 108 Å². The third-order valence-corrected chi connectivity index (χ3v) is 6.46. The van der Waals surface area contributed by atoms with Gasteiger partial charge < -0.3 is 10.6 Å². The lowest BCUT2D eigenvalue weighted by molar-refractivity contribution is -0.383. The quantitative estimate of drug-likeness (QED) is 0.168. The molecule has 36 heavy (non-hydrogen) atoms. The number of nitrogens with one attached hydrogen (secondary N) is 2. The summed E-state index contributed by atoms with van der Waals surface area (Å²) in [4.78, 5) is 19.6. The van der Waals surface area contributed by atoms with E-state index in [2.05, 4.69) is 42.6 Å². The maximum Gasteiger partial charge on any atom is 0.353 e. The number of aryl methyl sites for hydroxylation is 1. The van der Waals surface area contributed by atoms with E-state index >= 15 is 0 Å². The van der Waals surface area contributed by atoms with Gasteiger partial charge in [-0.15, -0.1) is 0 Å². The Morgan fingerprint density at radius 2 is 1.67 bits per heavy atom. The number of hydrogen-bond acceptors (Lipinski definition) is 7. The minimum absolute atomic E-state index is 0.00365. The fraction of sp³-hybridized carbons (Fsp3) is 0.0800. The minimum atomic E-state index is -0.613. The molecule has 1 atom stereocenters. The van der Waals surface area contributed by atoms with Gasteiger partial charge in [0.05, 0.1) is 16.9 Å². The van der Waals surface area contributed by atoms with Gasteiger partial charge in [-0.05, 0) is 66.1 Å². The van der Waals surface area contributed by atoms with E-state index in [1.165, 1.54) is 6.33 Å². The van der Waals surface area contributed by atoms with E-state index in [1.807, 2.05) is 6.92 Å². The number of halogens is 3. The molecule has 180 valence electrons. The second-order valence-corrected chi connectivity index (χ2v) is 9.50. The van der Waals surface area contributed by atoms with Gasteiger partial charge in [0.15, 0.2) is 0 Å². The number of nitriles is 1. The Morgan fingerprint density at radius 1 is 1.03 bits per heavy atom. The van der Waals surface area contributed by atoms with Crippen LogP contribution in [-0.4, -0.2) is 14.9 Å². The van der Waals surface area contributed by atoms with Crippen molar-refractivity contribution in [3.63, 3.8) is 0 Å². The molecular weight excluding hydrogens is 567 g/mol. The highest BCUT2D eigenvalue weighted by Crippen LogP contribution is 2.38. The van der Waals surface area contributed by atoms with Crippen LogP contribution >= 0.6 is 39.1 Å². The van der Waals surface area contributed by atoms with E-state index < -0.39 is 10.8 Å². The number of anilines is 4. The first-order chi connectivity index (χ1) is 17.3. The third-order valence-electron chi connectivity index (χ3n) is 5.35. The molecule has 0 spiro atoms. The molecule has 0 amide bonds. The van der Waals surface area contributed by atoms with Gasteiger partial charge in [0.1, 0.15) is 6.33 Å². The van der Waals surface area contributed by atoms with Crippen molar-refractivity contribution in [3.8, 4) is 6.07 Å². The minimum Gasteiger partial charge on any atom is -0.334 e. The Balaban J connectivity index is 1.68. The van der Waals surface area contributed by atoms with Crippen LogP contribution in [0.5, 0.6) is 0 Å². The van der Waals surface area contributed by atoms with E-state index in [1.54, 1.807) is 60.7 Å². The lowest BCUT2D eigenvalue weighted by Crippen LogP contribution is -2.07. The maximum atomic E-state index is 12.0. The number of benzene rings is 3. The molecule has 0 aliphatic rings. The number of nitrogens with zero attached hydrogens (tertiary/aromatic N) is 4. The fourth-order valence-corrected chi connectivity index (χ4v) is 4.23. The Hall–Kier alpha value is -3.71. The van der Waals surface area contributed by atoms with E-state index in [0.29, 0.717) is 27.0 Å². The van der Waals surface area contributed by atoms with Gasteiger partial charge in [-0.3, -0.25) is 10.1 Å². The molecule has 1 aromatic heterocycles. The molecule has 0 saturated carbocycles. The van der Waals surface area contributed by atoms with Crippen molar-refractivity contribution in [2.24, 2.45) is 0 Å². The molecule has 2 N–H and O–H groups in total. The molecule has 3 aromatic carbocycles. The molecule has 4 rings (SSSR count). The van der Waals surface area contributed by atoms with Gasteiger partial charge >= 0.3 is 5.69 Å². The maximum absolute atomic E-state index is 12.0. The molecular formula is C25H17BrCl2N6O2. The SMILES string of the molecule is Cc1cc(C(C#N)c2ccc(Cl)cc2)c(Cl)cc1Nc1ncnc(Nc2ccc(Br)cc2)c1[N+](=O)[O-]. The molecule has 0 aliphatic heterocycles. The largest absolute Gasteiger partial charge is 0.353 e. The van der Waals surface area contributed by atoms with Crippen LogP contribution in [0.4, 0.5) is 28.7 Å². The molecule has 0 saturated heterocycles. The molecule has 0 aliphatic carbocycles. The number of aromatic nitrogens is 2. The number of hydrogen-bond donors (Lipinski definition) is 2. The zero-order chi connectivity index (χ0) is 25.8. The first-order valence-corrected chi connectivity index (χ1v) is 12.1. The summed E-state index contributed by atoms with van der Waals surface area (Å²) < 4.78 is 0.873. The van der Waals surface area contributed by atoms with Crippen molar-refractivity contribution in [2.45, 2.75) is 12.8 Å². The van der Waals surface area contributed by atoms with E-state index in [9.17, 15) is 15.4 Å². The predicted molar refractivity (Wildman–Crippen MR) is 144 cm³/mol. The molecule has 1 unspecified atom stereocenters. The molecule has 8 nitrogen and oxygen atoms in total. The van der Waals surface area contributed by atoms with Gasteiger partial charge in [0.2, 0.25) is 11.6 Å². The van der Waals surface area contributed by atoms with Crippen molar-refractivity contribution in [1.29, 1.82) is 5.26 Å². The van der Waals surface area contributed by atoms with Crippen molar-refractivity contribution >= 4 is 67.8 Å². The van der Waals surface area contributed by atoms with Crippen LogP contribution in [0, 0.1) is 28.4 Å². The van der Waals surface area contributed by atoms with Crippen LogP contribution in [-0.2, 0) is 0 Å². The Kier molecular flexibility index (Phi) is 7.70. The predicted octanol–water partition coefficient (Wildman–Crippen LogP) is 7.91. The molecule has 0 bridgehead atoms.